The van der Waals surface area contributed by atoms with Gasteiger partial charge in [-0.05, 0) is 24.3 Å². The van der Waals surface area contributed by atoms with Crippen LogP contribution in [0, 0.1) is 11.3 Å². The summed E-state index contributed by atoms with van der Waals surface area (Å²) < 4.78 is 4.98. The number of aromatic nitrogens is 2. The van der Waals surface area contributed by atoms with E-state index in [1.54, 1.807) is 12.1 Å². The summed E-state index contributed by atoms with van der Waals surface area (Å²) in [6.45, 7) is 7.53. The zero-order valence-electron chi connectivity index (χ0n) is 14.5. The summed E-state index contributed by atoms with van der Waals surface area (Å²) >= 11 is 0. The fourth-order valence-corrected chi connectivity index (χ4v) is 2.90. The highest BCUT2D eigenvalue weighted by Gasteiger charge is 2.31. The number of nitrogens with zero attached hydrogens (tertiary/aromatic N) is 3. The maximum atomic E-state index is 12.4. The second kappa shape index (κ2) is 7.25. The molecular weight excluding hydrogens is 294 g/mol. The number of methoxy groups -OCH3 is 1. The number of ether oxygens (including phenoxy) is 1. The van der Waals surface area contributed by atoms with E-state index >= 15 is 0 Å². The number of amides is 1. The van der Waals surface area contributed by atoms with Gasteiger partial charge in [-0.1, -0.05) is 20.8 Å². The summed E-state index contributed by atoms with van der Waals surface area (Å²) in [6.07, 6.45) is 1.60. The Hall–Kier alpha value is -1.69. The van der Waals surface area contributed by atoms with E-state index in [4.69, 9.17) is 4.74 Å². The van der Waals surface area contributed by atoms with Gasteiger partial charge in [-0.25, -0.2) is 0 Å². The van der Waals surface area contributed by atoms with Crippen molar-refractivity contribution in [2.45, 2.75) is 46.1 Å². The van der Waals surface area contributed by atoms with Crippen LogP contribution in [-0.4, -0.2) is 46.3 Å². The second-order valence-electron chi connectivity index (χ2n) is 7.42. The number of likely N-dealkylation sites (tertiary alicyclic amines) is 1. The number of aliphatic hydroxyl groups excluding tert-OH is 1. The number of piperidine rings is 1. The molecule has 1 N–H and O–H groups in total. The summed E-state index contributed by atoms with van der Waals surface area (Å²) in [6, 6.07) is 3.42. The molecule has 1 aromatic rings. The number of aliphatic hydroxyl groups is 1. The highest BCUT2D eigenvalue weighted by Crippen LogP contribution is 2.30. The molecule has 2 unspecified atom stereocenters. The smallest absolute Gasteiger partial charge is 0.233 e. The number of hydrogen-bond donors (Lipinski definition) is 1. The third-order valence-electron chi connectivity index (χ3n) is 4.11. The van der Waals surface area contributed by atoms with Gasteiger partial charge in [0.15, 0.2) is 0 Å². The first-order valence-electron chi connectivity index (χ1n) is 8.13. The van der Waals surface area contributed by atoms with Crippen molar-refractivity contribution < 1.29 is 14.6 Å². The minimum atomic E-state index is -0.710. The average molecular weight is 321 g/mol. The summed E-state index contributed by atoms with van der Waals surface area (Å²) in [7, 11) is 1.53. The second-order valence-corrected chi connectivity index (χ2v) is 7.42. The summed E-state index contributed by atoms with van der Waals surface area (Å²) in [4.78, 5) is 14.3. The third-order valence-corrected chi connectivity index (χ3v) is 4.11. The zero-order valence-corrected chi connectivity index (χ0v) is 14.5. The number of hydrogen-bond acceptors (Lipinski definition) is 5. The van der Waals surface area contributed by atoms with Gasteiger partial charge in [-0.15, -0.1) is 10.2 Å². The molecule has 1 fully saturated rings. The van der Waals surface area contributed by atoms with Crippen LogP contribution in [0.5, 0.6) is 5.88 Å². The number of rotatable bonds is 4. The van der Waals surface area contributed by atoms with Crippen molar-refractivity contribution in [1.82, 2.24) is 15.1 Å². The molecule has 23 heavy (non-hydrogen) atoms. The van der Waals surface area contributed by atoms with Crippen LogP contribution in [0.2, 0.25) is 0 Å². The van der Waals surface area contributed by atoms with Crippen LogP contribution in [0.3, 0.4) is 0 Å². The van der Waals surface area contributed by atoms with Crippen molar-refractivity contribution >= 4 is 5.91 Å². The molecule has 2 heterocycles. The van der Waals surface area contributed by atoms with Crippen LogP contribution in [-0.2, 0) is 4.79 Å². The van der Waals surface area contributed by atoms with Gasteiger partial charge in [0.2, 0.25) is 11.8 Å². The lowest BCUT2D eigenvalue weighted by molar-refractivity contribution is -0.135. The van der Waals surface area contributed by atoms with Crippen molar-refractivity contribution in [3.8, 4) is 5.88 Å². The highest BCUT2D eigenvalue weighted by atomic mass is 16.5. The van der Waals surface area contributed by atoms with Crippen LogP contribution in [0.4, 0.5) is 0 Å². The molecule has 1 saturated heterocycles. The van der Waals surface area contributed by atoms with Crippen molar-refractivity contribution in [2.75, 3.05) is 20.2 Å². The van der Waals surface area contributed by atoms with Crippen LogP contribution >= 0.6 is 0 Å². The van der Waals surface area contributed by atoms with Crippen LogP contribution in [0.25, 0.3) is 0 Å². The van der Waals surface area contributed by atoms with Gasteiger partial charge >= 0.3 is 0 Å². The molecule has 1 aliphatic rings. The molecule has 0 aliphatic carbocycles. The topological polar surface area (TPSA) is 75.6 Å². The van der Waals surface area contributed by atoms with Crippen LogP contribution in [0.1, 0.15) is 51.8 Å². The summed E-state index contributed by atoms with van der Waals surface area (Å²) in [5.41, 5.74) is 0.505. The highest BCUT2D eigenvalue weighted by molar-refractivity contribution is 5.76. The van der Waals surface area contributed by atoms with Crippen molar-refractivity contribution in [3.63, 3.8) is 0 Å². The molecule has 0 aromatic carbocycles. The molecule has 0 saturated carbocycles. The lowest BCUT2D eigenvalue weighted by atomic mass is 9.88. The van der Waals surface area contributed by atoms with E-state index in [9.17, 15) is 9.90 Å². The molecule has 0 spiro atoms. The van der Waals surface area contributed by atoms with Gasteiger partial charge in [-0.3, -0.25) is 4.79 Å². The van der Waals surface area contributed by atoms with Crippen LogP contribution in [0.15, 0.2) is 12.1 Å². The van der Waals surface area contributed by atoms with Crippen LogP contribution < -0.4 is 4.74 Å². The maximum Gasteiger partial charge on any atom is 0.233 e. The maximum absolute atomic E-state index is 12.4. The first-order valence-corrected chi connectivity index (χ1v) is 8.13. The average Bonchev–Trinajstić information content (AvgIpc) is 2.53. The van der Waals surface area contributed by atoms with Gasteiger partial charge in [-0.2, -0.15) is 0 Å². The van der Waals surface area contributed by atoms with Gasteiger partial charge in [0.05, 0.1) is 12.8 Å². The van der Waals surface area contributed by atoms with Crippen molar-refractivity contribution in [3.05, 3.63) is 17.8 Å². The Morgan fingerprint density at radius 2 is 2.17 bits per heavy atom. The standard InChI is InChI=1S/C17H27N3O3/c1-17(2,3)10-15(21)20-9-5-6-12(11-20)16(22)13-7-8-14(23-4)19-18-13/h7-8,12,16,22H,5-6,9-11H2,1-4H3. The molecule has 1 aliphatic heterocycles. The van der Waals surface area contributed by atoms with E-state index in [0.29, 0.717) is 24.5 Å². The molecular formula is C17H27N3O3. The van der Waals surface area contributed by atoms with Gasteiger partial charge in [0, 0.05) is 31.5 Å². The van der Waals surface area contributed by atoms with E-state index in [2.05, 4.69) is 31.0 Å². The fourth-order valence-electron chi connectivity index (χ4n) is 2.90. The largest absolute Gasteiger partial charge is 0.480 e. The Kier molecular flexibility index (Phi) is 5.57. The van der Waals surface area contributed by atoms with Gasteiger partial charge in [0.1, 0.15) is 6.10 Å². The van der Waals surface area contributed by atoms with Crippen molar-refractivity contribution in [1.29, 1.82) is 0 Å². The van der Waals surface area contributed by atoms with E-state index in [0.717, 1.165) is 19.4 Å². The van der Waals surface area contributed by atoms with E-state index in [1.807, 2.05) is 4.90 Å². The molecule has 1 amide bonds. The lowest BCUT2D eigenvalue weighted by Crippen LogP contribution is -2.42. The number of carbonyl (C=O) groups is 1. The SMILES string of the molecule is COc1ccc(C(O)C2CCCN(C(=O)CC(C)(C)C)C2)nn1. The Morgan fingerprint density at radius 1 is 1.43 bits per heavy atom. The molecule has 6 heteroatoms. The van der Waals surface area contributed by atoms with Gasteiger partial charge in [0.25, 0.3) is 0 Å². The van der Waals surface area contributed by atoms with E-state index in [-0.39, 0.29) is 17.2 Å². The summed E-state index contributed by atoms with van der Waals surface area (Å²) in [5.74, 6) is 0.581. The fraction of sp³-hybridized carbons (Fsp3) is 0.706. The van der Waals surface area contributed by atoms with E-state index < -0.39 is 6.10 Å². The summed E-state index contributed by atoms with van der Waals surface area (Å²) in [5, 5.41) is 18.5. The normalized spacial score (nSPS) is 20.2. The Labute approximate surface area is 137 Å². The molecule has 1 aromatic heterocycles. The first-order chi connectivity index (χ1) is 10.8. The molecule has 128 valence electrons. The number of carbonyl (C=O) groups excluding carboxylic acids is 1. The lowest BCUT2D eigenvalue weighted by Gasteiger charge is -2.36. The van der Waals surface area contributed by atoms with Gasteiger partial charge < -0.3 is 14.7 Å². The minimum absolute atomic E-state index is 0.00429. The van der Waals surface area contributed by atoms with E-state index in [1.165, 1.54) is 7.11 Å². The molecule has 0 bridgehead atoms. The first kappa shape index (κ1) is 17.7. The predicted molar refractivity (Wildman–Crippen MR) is 86.9 cm³/mol. The molecule has 2 rings (SSSR count). The van der Waals surface area contributed by atoms with Crippen molar-refractivity contribution in [2.24, 2.45) is 11.3 Å². The Balaban J connectivity index is 2.00. The Morgan fingerprint density at radius 3 is 2.74 bits per heavy atom. The predicted octanol–water partition coefficient (Wildman–Crippen LogP) is 2.19. The molecule has 0 radical (unpaired) electrons. The monoisotopic (exact) mass is 321 g/mol. The Bertz CT molecular complexity index is 525. The quantitative estimate of drug-likeness (QED) is 0.920. The zero-order chi connectivity index (χ0) is 17.0. The molecule has 6 nitrogen and oxygen atoms in total. The molecule has 2 atom stereocenters. The third kappa shape index (κ3) is 4.89. The minimum Gasteiger partial charge on any atom is -0.480 e.